The van der Waals surface area contributed by atoms with E-state index < -0.39 is 0 Å². The number of carbonyl (C=O) groups is 1. The van der Waals surface area contributed by atoms with E-state index in [1.807, 2.05) is 53.6 Å². The second-order valence-corrected chi connectivity index (χ2v) is 9.33. The first-order valence-electron chi connectivity index (χ1n) is 12.6. The Labute approximate surface area is 210 Å². The fourth-order valence-electron chi connectivity index (χ4n) is 5.02. The smallest absolute Gasteiger partial charge is 0.279 e. The quantitative estimate of drug-likeness (QED) is 0.419. The van der Waals surface area contributed by atoms with Crippen LogP contribution in [0.1, 0.15) is 30.2 Å². The molecular weight excluding hydrogens is 452 g/mol. The van der Waals surface area contributed by atoms with Gasteiger partial charge in [0.1, 0.15) is 0 Å². The Kier molecular flexibility index (Phi) is 6.59. The first-order valence-corrected chi connectivity index (χ1v) is 12.6. The van der Waals surface area contributed by atoms with E-state index in [1.54, 1.807) is 0 Å². The van der Waals surface area contributed by atoms with Crippen LogP contribution in [0.2, 0.25) is 0 Å². The van der Waals surface area contributed by atoms with E-state index in [0.29, 0.717) is 49.6 Å². The van der Waals surface area contributed by atoms with Gasteiger partial charge in [-0.15, -0.1) is 5.10 Å². The third kappa shape index (κ3) is 4.51. The maximum Gasteiger partial charge on any atom is 0.279 e. The van der Waals surface area contributed by atoms with Crippen LogP contribution in [-0.4, -0.2) is 56.2 Å². The lowest BCUT2D eigenvalue weighted by Crippen LogP contribution is -2.49. The van der Waals surface area contributed by atoms with Crippen molar-refractivity contribution in [3.8, 4) is 11.4 Å². The van der Waals surface area contributed by atoms with Crippen molar-refractivity contribution in [2.24, 2.45) is 0 Å². The standard InChI is InChI=1S/C28H32N6O2/c1-4-33-21(3)24(27(36)34-28(33)29-26(30-34)22-10-6-5-7-11-22)13-14-25(35)32-17-15-31(16-18-32)23-12-8-9-20(2)19-23/h5-12,19H,4,13-18H2,1-3H3. The normalized spacial score (nSPS) is 14.0. The van der Waals surface area contributed by atoms with E-state index in [0.717, 1.165) is 24.3 Å². The third-order valence-electron chi connectivity index (χ3n) is 7.06. The molecule has 0 bridgehead atoms. The average molecular weight is 485 g/mol. The van der Waals surface area contributed by atoms with Gasteiger partial charge in [0, 0.05) is 61.7 Å². The molecule has 8 heteroatoms. The van der Waals surface area contributed by atoms with Crippen molar-refractivity contribution in [2.45, 2.75) is 40.2 Å². The molecule has 1 aliphatic rings. The molecule has 1 fully saturated rings. The minimum Gasteiger partial charge on any atom is -0.368 e. The molecule has 4 aromatic rings. The minimum atomic E-state index is -0.195. The highest BCUT2D eigenvalue weighted by Gasteiger charge is 2.23. The molecule has 0 N–H and O–H groups in total. The van der Waals surface area contributed by atoms with E-state index in [-0.39, 0.29) is 11.5 Å². The SMILES string of the molecule is CCn1c(C)c(CCC(=O)N2CCN(c3cccc(C)c3)CC2)c(=O)n2nc(-c3ccccc3)nc12. The van der Waals surface area contributed by atoms with Gasteiger partial charge < -0.3 is 14.4 Å². The van der Waals surface area contributed by atoms with Gasteiger partial charge >= 0.3 is 0 Å². The maximum absolute atomic E-state index is 13.4. The highest BCUT2D eigenvalue weighted by Crippen LogP contribution is 2.20. The van der Waals surface area contributed by atoms with Crippen LogP contribution in [0.25, 0.3) is 17.2 Å². The molecular formula is C28H32N6O2. The van der Waals surface area contributed by atoms with Crippen LogP contribution in [0.3, 0.4) is 0 Å². The van der Waals surface area contributed by atoms with Crippen molar-refractivity contribution in [2.75, 3.05) is 31.1 Å². The summed E-state index contributed by atoms with van der Waals surface area (Å²) < 4.78 is 3.39. The third-order valence-corrected chi connectivity index (χ3v) is 7.06. The van der Waals surface area contributed by atoms with Crippen molar-refractivity contribution in [3.63, 3.8) is 0 Å². The molecule has 1 saturated heterocycles. The van der Waals surface area contributed by atoms with Crippen molar-refractivity contribution < 1.29 is 4.79 Å². The lowest BCUT2D eigenvalue weighted by atomic mass is 10.1. The molecule has 5 rings (SSSR count). The molecule has 0 unspecified atom stereocenters. The molecule has 36 heavy (non-hydrogen) atoms. The van der Waals surface area contributed by atoms with Crippen molar-refractivity contribution in [3.05, 3.63) is 81.8 Å². The van der Waals surface area contributed by atoms with Crippen LogP contribution >= 0.6 is 0 Å². The van der Waals surface area contributed by atoms with Crippen LogP contribution in [0.4, 0.5) is 5.69 Å². The van der Waals surface area contributed by atoms with Gasteiger partial charge in [-0.05, 0) is 44.9 Å². The van der Waals surface area contributed by atoms with Gasteiger partial charge in [0.05, 0.1) is 0 Å². The second kappa shape index (κ2) is 9.97. The predicted octanol–water partition coefficient (Wildman–Crippen LogP) is 3.48. The number of amides is 1. The highest BCUT2D eigenvalue weighted by atomic mass is 16.2. The summed E-state index contributed by atoms with van der Waals surface area (Å²) in [7, 11) is 0. The highest BCUT2D eigenvalue weighted by molar-refractivity contribution is 5.77. The first-order chi connectivity index (χ1) is 17.5. The Morgan fingerprint density at radius 2 is 1.72 bits per heavy atom. The zero-order chi connectivity index (χ0) is 25.2. The van der Waals surface area contributed by atoms with Crippen molar-refractivity contribution in [1.29, 1.82) is 0 Å². The molecule has 0 atom stereocenters. The Hall–Kier alpha value is -3.94. The Morgan fingerprint density at radius 3 is 2.42 bits per heavy atom. The minimum absolute atomic E-state index is 0.0874. The molecule has 2 aromatic heterocycles. The van der Waals surface area contributed by atoms with Crippen LogP contribution in [0.5, 0.6) is 0 Å². The zero-order valence-corrected chi connectivity index (χ0v) is 21.1. The average Bonchev–Trinajstić information content (AvgIpc) is 3.35. The number of nitrogens with zero attached hydrogens (tertiary/aromatic N) is 6. The summed E-state index contributed by atoms with van der Waals surface area (Å²) in [4.78, 5) is 35.4. The van der Waals surface area contributed by atoms with E-state index in [9.17, 15) is 9.59 Å². The number of piperazine rings is 1. The van der Waals surface area contributed by atoms with Gasteiger partial charge in [0.25, 0.3) is 5.56 Å². The van der Waals surface area contributed by atoms with E-state index >= 15 is 0 Å². The van der Waals surface area contributed by atoms with E-state index in [4.69, 9.17) is 0 Å². The number of benzene rings is 2. The van der Waals surface area contributed by atoms with E-state index in [2.05, 4.69) is 46.2 Å². The molecule has 0 saturated carbocycles. The summed E-state index contributed by atoms with van der Waals surface area (Å²) in [5.41, 5.74) is 4.58. The first kappa shape index (κ1) is 23.8. The number of hydrogen-bond acceptors (Lipinski definition) is 5. The monoisotopic (exact) mass is 484 g/mol. The van der Waals surface area contributed by atoms with Gasteiger partial charge in [-0.2, -0.15) is 9.50 Å². The summed E-state index contributed by atoms with van der Waals surface area (Å²) in [6.07, 6.45) is 0.689. The van der Waals surface area contributed by atoms with Gasteiger partial charge in [-0.1, -0.05) is 42.5 Å². The zero-order valence-electron chi connectivity index (χ0n) is 21.1. The molecule has 2 aromatic carbocycles. The van der Waals surface area contributed by atoms with Crippen LogP contribution in [0.15, 0.2) is 59.4 Å². The maximum atomic E-state index is 13.4. The predicted molar refractivity (Wildman–Crippen MR) is 141 cm³/mol. The summed E-state index contributed by atoms with van der Waals surface area (Å²) in [5.74, 6) is 1.14. The number of rotatable bonds is 6. The topological polar surface area (TPSA) is 75.7 Å². The van der Waals surface area contributed by atoms with Crippen molar-refractivity contribution in [1.82, 2.24) is 24.1 Å². The second-order valence-electron chi connectivity index (χ2n) is 9.33. The fraction of sp³-hybridized carbons (Fsp3) is 0.357. The Bertz CT molecular complexity index is 1450. The summed E-state index contributed by atoms with van der Waals surface area (Å²) in [5, 5.41) is 4.52. The van der Waals surface area contributed by atoms with Gasteiger partial charge in [-0.25, -0.2) is 0 Å². The number of anilines is 1. The van der Waals surface area contributed by atoms with Crippen molar-refractivity contribution >= 4 is 17.4 Å². The van der Waals surface area contributed by atoms with Gasteiger partial charge in [0.15, 0.2) is 5.82 Å². The molecule has 186 valence electrons. The molecule has 1 amide bonds. The molecule has 1 aliphatic heterocycles. The fourth-order valence-corrected chi connectivity index (χ4v) is 5.02. The van der Waals surface area contributed by atoms with E-state index in [1.165, 1.54) is 15.8 Å². The van der Waals surface area contributed by atoms with Gasteiger partial charge in [0.2, 0.25) is 11.7 Å². The molecule has 3 heterocycles. The number of aryl methyl sites for hydroxylation is 2. The van der Waals surface area contributed by atoms with Crippen LogP contribution in [0, 0.1) is 13.8 Å². The number of fused-ring (bicyclic) bond motifs is 1. The molecule has 8 nitrogen and oxygen atoms in total. The number of aromatic nitrogens is 4. The Balaban J connectivity index is 1.32. The largest absolute Gasteiger partial charge is 0.368 e. The molecule has 0 radical (unpaired) electrons. The Morgan fingerprint density at radius 1 is 0.972 bits per heavy atom. The summed E-state index contributed by atoms with van der Waals surface area (Å²) in [6.45, 7) is 9.70. The van der Waals surface area contributed by atoms with Gasteiger partial charge in [-0.3, -0.25) is 9.59 Å². The lowest BCUT2D eigenvalue weighted by molar-refractivity contribution is -0.131. The molecule has 0 spiro atoms. The van der Waals surface area contributed by atoms with Crippen LogP contribution < -0.4 is 10.5 Å². The summed E-state index contributed by atoms with van der Waals surface area (Å²) in [6, 6.07) is 18.1. The van der Waals surface area contributed by atoms with Crippen LogP contribution in [-0.2, 0) is 17.8 Å². The summed E-state index contributed by atoms with van der Waals surface area (Å²) >= 11 is 0. The number of carbonyl (C=O) groups excluding carboxylic acids is 1. The number of hydrogen-bond donors (Lipinski definition) is 0. The lowest BCUT2D eigenvalue weighted by Gasteiger charge is -2.36. The molecule has 0 aliphatic carbocycles.